The first-order valence-corrected chi connectivity index (χ1v) is 7.50. The molecule has 1 rings (SSSR count). The minimum atomic E-state index is -0.978. The number of carbonyl (C=O) groups is 2. The maximum atomic E-state index is 12.1. The van der Waals surface area contributed by atoms with Gasteiger partial charge in [0.15, 0.2) is 0 Å². The number of nitrogens with zero attached hydrogens (tertiary/aromatic N) is 1. The molecule has 4 nitrogen and oxygen atoms in total. The Hall–Kier alpha value is -1.49. The van der Waals surface area contributed by atoms with E-state index in [1.54, 1.807) is 18.7 Å². The van der Waals surface area contributed by atoms with E-state index in [0.717, 1.165) is 5.56 Å². The Morgan fingerprint density at radius 3 is 2.47 bits per heavy atom. The summed E-state index contributed by atoms with van der Waals surface area (Å²) in [7, 11) is 0. The quantitative estimate of drug-likeness (QED) is 0.832. The molecule has 0 aliphatic rings. The highest BCUT2D eigenvalue weighted by Crippen LogP contribution is 2.11. The molecule has 1 atom stereocenters. The molecule has 0 heterocycles. The van der Waals surface area contributed by atoms with Crippen LogP contribution in [-0.2, 0) is 16.1 Å². The monoisotopic (exact) mass is 281 g/mol. The maximum absolute atomic E-state index is 12.1. The standard InChI is InChI=1S/C14H19NO3S/c1-11(14(17)18)15(13(16)8-9-19-2)10-12-6-4-3-5-7-12/h3-7,11H,8-10H2,1-2H3,(H,17,18). The highest BCUT2D eigenvalue weighted by atomic mass is 32.2. The van der Waals surface area contributed by atoms with E-state index < -0.39 is 12.0 Å². The number of aliphatic carboxylic acids is 1. The molecule has 19 heavy (non-hydrogen) atoms. The van der Waals surface area contributed by atoms with Gasteiger partial charge in [-0.05, 0) is 18.7 Å². The average molecular weight is 281 g/mol. The number of benzene rings is 1. The van der Waals surface area contributed by atoms with Crippen molar-refractivity contribution >= 4 is 23.6 Å². The summed E-state index contributed by atoms with van der Waals surface area (Å²) in [4.78, 5) is 24.6. The molecular formula is C14H19NO3S. The first kappa shape index (κ1) is 15.6. The fourth-order valence-electron chi connectivity index (χ4n) is 1.69. The fraction of sp³-hybridized carbons (Fsp3) is 0.429. The summed E-state index contributed by atoms with van der Waals surface area (Å²) in [5.74, 6) is -0.391. The van der Waals surface area contributed by atoms with Crippen LogP contribution in [0.4, 0.5) is 0 Å². The minimum Gasteiger partial charge on any atom is -0.480 e. The number of rotatable bonds is 7. The number of thioether (sulfide) groups is 1. The summed E-state index contributed by atoms with van der Waals surface area (Å²) in [6.45, 7) is 1.88. The highest BCUT2D eigenvalue weighted by molar-refractivity contribution is 7.98. The third-order valence-electron chi connectivity index (χ3n) is 2.86. The molecule has 5 heteroatoms. The second-order valence-electron chi connectivity index (χ2n) is 4.26. The van der Waals surface area contributed by atoms with E-state index in [1.807, 2.05) is 36.6 Å². The molecule has 1 unspecified atom stereocenters. The van der Waals surface area contributed by atoms with Crippen LogP contribution in [-0.4, -0.2) is 39.9 Å². The molecule has 0 aromatic heterocycles. The van der Waals surface area contributed by atoms with Gasteiger partial charge >= 0.3 is 5.97 Å². The molecule has 0 bridgehead atoms. The van der Waals surface area contributed by atoms with Crippen LogP contribution in [0.5, 0.6) is 0 Å². The van der Waals surface area contributed by atoms with Gasteiger partial charge in [-0.15, -0.1) is 0 Å². The predicted octanol–water partition coefficient (Wildman–Crippen LogP) is 2.24. The van der Waals surface area contributed by atoms with E-state index in [0.29, 0.717) is 18.7 Å². The number of amides is 1. The average Bonchev–Trinajstić information content (AvgIpc) is 2.42. The van der Waals surface area contributed by atoms with Crippen LogP contribution >= 0.6 is 11.8 Å². The van der Waals surface area contributed by atoms with Gasteiger partial charge in [-0.25, -0.2) is 4.79 Å². The van der Waals surface area contributed by atoms with Crippen molar-refractivity contribution in [3.8, 4) is 0 Å². The lowest BCUT2D eigenvalue weighted by Crippen LogP contribution is -2.42. The van der Waals surface area contributed by atoms with Gasteiger partial charge in [0.1, 0.15) is 6.04 Å². The molecule has 0 radical (unpaired) electrons. The summed E-state index contributed by atoms with van der Waals surface area (Å²) < 4.78 is 0. The molecule has 0 saturated carbocycles. The largest absolute Gasteiger partial charge is 0.480 e. The first-order chi connectivity index (χ1) is 9.06. The SMILES string of the molecule is CSCCC(=O)N(Cc1ccccc1)C(C)C(=O)O. The molecule has 1 N–H and O–H groups in total. The molecule has 0 aliphatic heterocycles. The minimum absolute atomic E-state index is 0.117. The molecule has 1 aromatic rings. The van der Waals surface area contributed by atoms with Crippen molar-refractivity contribution in [2.24, 2.45) is 0 Å². The van der Waals surface area contributed by atoms with Crippen LogP contribution in [0.25, 0.3) is 0 Å². The van der Waals surface area contributed by atoms with E-state index in [-0.39, 0.29) is 5.91 Å². The van der Waals surface area contributed by atoms with E-state index in [1.165, 1.54) is 4.90 Å². The van der Waals surface area contributed by atoms with Crippen molar-refractivity contribution in [2.45, 2.75) is 25.9 Å². The molecule has 0 saturated heterocycles. The highest BCUT2D eigenvalue weighted by Gasteiger charge is 2.25. The summed E-state index contributed by atoms with van der Waals surface area (Å²) >= 11 is 1.58. The van der Waals surface area contributed by atoms with Crippen LogP contribution in [0.2, 0.25) is 0 Å². The third kappa shape index (κ3) is 4.95. The predicted molar refractivity (Wildman–Crippen MR) is 77.1 cm³/mol. The van der Waals surface area contributed by atoms with Gasteiger partial charge in [0, 0.05) is 18.7 Å². The van der Waals surface area contributed by atoms with Crippen LogP contribution in [0.15, 0.2) is 30.3 Å². The lowest BCUT2D eigenvalue weighted by molar-refractivity contribution is -0.149. The van der Waals surface area contributed by atoms with Gasteiger partial charge in [0.05, 0.1) is 0 Å². The Morgan fingerprint density at radius 1 is 1.32 bits per heavy atom. The Kier molecular flexibility index (Phi) is 6.42. The zero-order valence-corrected chi connectivity index (χ0v) is 12.0. The number of carboxylic acid groups (broad SMARTS) is 1. The van der Waals surface area contributed by atoms with Crippen LogP contribution in [0.3, 0.4) is 0 Å². The van der Waals surface area contributed by atoms with Crippen molar-refractivity contribution in [2.75, 3.05) is 12.0 Å². The summed E-state index contributed by atoms with van der Waals surface area (Å²) in [6, 6.07) is 8.63. The summed E-state index contributed by atoms with van der Waals surface area (Å²) in [5, 5.41) is 9.11. The molecule has 0 fully saturated rings. The molecule has 1 aromatic carbocycles. The summed E-state index contributed by atoms with van der Waals surface area (Å²) in [5.41, 5.74) is 0.938. The van der Waals surface area contributed by atoms with E-state index in [4.69, 9.17) is 5.11 Å². The maximum Gasteiger partial charge on any atom is 0.326 e. The second-order valence-corrected chi connectivity index (χ2v) is 5.25. The fourth-order valence-corrected chi connectivity index (χ4v) is 2.07. The van der Waals surface area contributed by atoms with Gasteiger partial charge in [-0.2, -0.15) is 11.8 Å². The lowest BCUT2D eigenvalue weighted by Gasteiger charge is -2.26. The van der Waals surface area contributed by atoms with Crippen molar-refractivity contribution in [1.82, 2.24) is 4.90 Å². The van der Waals surface area contributed by atoms with E-state index >= 15 is 0 Å². The van der Waals surface area contributed by atoms with Gasteiger partial charge in [-0.1, -0.05) is 30.3 Å². The number of hydrogen-bond donors (Lipinski definition) is 1. The van der Waals surface area contributed by atoms with Crippen LogP contribution in [0, 0.1) is 0 Å². The van der Waals surface area contributed by atoms with E-state index in [2.05, 4.69) is 0 Å². The van der Waals surface area contributed by atoms with Crippen LogP contribution < -0.4 is 0 Å². The van der Waals surface area contributed by atoms with Gasteiger partial charge in [0.2, 0.25) is 5.91 Å². The van der Waals surface area contributed by atoms with E-state index in [9.17, 15) is 9.59 Å². The van der Waals surface area contributed by atoms with Gasteiger partial charge < -0.3 is 10.0 Å². The molecule has 0 aliphatic carbocycles. The second kappa shape index (κ2) is 7.84. The number of hydrogen-bond acceptors (Lipinski definition) is 3. The molecule has 1 amide bonds. The Morgan fingerprint density at radius 2 is 1.95 bits per heavy atom. The smallest absolute Gasteiger partial charge is 0.326 e. The molecular weight excluding hydrogens is 262 g/mol. The topological polar surface area (TPSA) is 57.6 Å². The Labute approximate surface area is 117 Å². The van der Waals surface area contributed by atoms with Gasteiger partial charge in [0.25, 0.3) is 0 Å². The third-order valence-corrected chi connectivity index (χ3v) is 3.47. The Bertz CT molecular complexity index is 422. The molecule has 104 valence electrons. The van der Waals surface area contributed by atoms with Crippen molar-refractivity contribution in [1.29, 1.82) is 0 Å². The van der Waals surface area contributed by atoms with Gasteiger partial charge in [-0.3, -0.25) is 4.79 Å². The number of carboxylic acids is 1. The zero-order chi connectivity index (χ0) is 14.3. The first-order valence-electron chi connectivity index (χ1n) is 6.11. The molecule has 0 spiro atoms. The normalized spacial score (nSPS) is 11.9. The zero-order valence-electron chi connectivity index (χ0n) is 11.2. The Balaban J connectivity index is 2.80. The van der Waals surface area contributed by atoms with Crippen molar-refractivity contribution < 1.29 is 14.7 Å². The van der Waals surface area contributed by atoms with Crippen molar-refractivity contribution in [3.63, 3.8) is 0 Å². The lowest BCUT2D eigenvalue weighted by atomic mass is 10.1. The summed E-state index contributed by atoms with van der Waals surface area (Å²) in [6.07, 6.45) is 2.29. The van der Waals surface area contributed by atoms with Crippen molar-refractivity contribution in [3.05, 3.63) is 35.9 Å². The van der Waals surface area contributed by atoms with Crippen LogP contribution in [0.1, 0.15) is 18.9 Å². The number of carbonyl (C=O) groups excluding carboxylic acids is 1.